The molecule has 2 heterocycles. The summed E-state index contributed by atoms with van der Waals surface area (Å²) in [5, 5.41) is 54.0. The second-order valence-electron chi connectivity index (χ2n) is 5.21. The van der Waals surface area contributed by atoms with E-state index in [9.17, 15) is 26.0 Å². The van der Waals surface area contributed by atoms with Crippen molar-refractivity contribution in [3.63, 3.8) is 0 Å². The van der Waals surface area contributed by atoms with E-state index in [1.807, 2.05) is 0 Å². The Morgan fingerprint density at radius 3 is 1.88 bits per heavy atom. The van der Waals surface area contributed by atoms with E-state index in [0.29, 0.717) is 0 Å². The van der Waals surface area contributed by atoms with Gasteiger partial charge in [0.1, 0.15) is 0 Å². The molecule has 0 fully saturated rings. The number of fused-ring (bicyclic) bond motifs is 2. The molecule has 0 aliphatic carbocycles. The van der Waals surface area contributed by atoms with E-state index in [2.05, 4.69) is 9.88 Å². The van der Waals surface area contributed by atoms with Gasteiger partial charge in [0.05, 0.1) is 12.1 Å². The molecule has 0 bridgehead atoms. The zero-order chi connectivity index (χ0) is 17.7. The maximum absolute atomic E-state index is 12.2. The van der Waals surface area contributed by atoms with Crippen LogP contribution in [0.5, 0.6) is 5.75 Å². The summed E-state index contributed by atoms with van der Waals surface area (Å²) in [5.41, 5.74) is 0.148. The number of hydrogen-bond acceptors (Lipinski definition) is 8. The van der Waals surface area contributed by atoms with E-state index in [-0.39, 0.29) is 34.2 Å². The first-order valence-corrected chi connectivity index (χ1v) is 6.97. The van der Waals surface area contributed by atoms with Gasteiger partial charge in [-0.2, -0.15) is 0 Å². The predicted octanol–water partition coefficient (Wildman–Crippen LogP) is -4.53. The molecule has 0 aromatic heterocycles. The van der Waals surface area contributed by atoms with Crippen molar-refractivity contribution < 1.29 is 40.8 Å². The van der Waals surface area contributed by atoms with Crippen LogP contribution in [0.4, 0.5) is 28.4 Å². The third kappa shape index (κ3) is 2.73. The molecule has 2 aromatic rings. The molecule has 5 unspecified atom stereocenters. The molecular formula is C12H11N5O8. The minimum atomic E-state index is -0.839. The number of rotatable bonds is 3. The van der Waals surface area contributed by atoms with Gasteiger partial charge in [0.25, 0.3) is 0 Å². The third-order valence-electron chi connectivity index (χ3n) is 3.71. The summed E-state index contributed by atoms with van der Waals surface area (Å²) in [4.78, 5) is 14.0. The molecule has 13 heteroatoms. The molecule has 0 amide bonds. The van der Waals surface area contributed by atoms with Gasteiger partial charge in [-0.15, -0.1) is 26.1 Å². The highest BCUT2D eigenvalue weighted by Crippen LogP contribution is 2.23. The van der Waals surface area contributed by atoms with Crippen molar-refractivity contribution in [1.29, 1.82) is 0 Å². The summed E-state index contributed by atoms with van der Waals surface area (Å²) in [6.07, 6.45) is 0. The molecule has 0 saturated carbocycles. The Morgan fingerprint density at radius 2 is 1.24 bits per heavy atom. The van der Waals surface area contributed by atoms with Crippen LogP contribution in [0.15, 0.2) is 36.4 Å². The van der Waals surface area contributed by atoms with E-state index in [0.717, 1.165) is 0 Å². The van der Waals surface area contributed by atoms with Crippen molar-refractivity contribution >= 4 is 28.4 Å². The standard InChI is InChI=1S/C12H11N5O8/c18-13(7-1-3-9-11(5-7)16(21)24-14(9)19)23-8-2-4-10-12(6-8)17(22)25-15(10)20/h1-6,13-17H. The first-order chi connectivity index (χ1) is 11.9. The Hall–Kier alpha value is -2.24. The summed E-state index contributed by atoms with van der Waals surface area (Å²) in [5.74, 6) is 0.0227. The van der Waals surface area contributed by atoms with Gasteiger partial charge in [0.15, 0.2) is 11.4 Å². The van der Waals surface area contributed by atoms with Crippen LogP contribution in [0, 0.1) is 26.0 Å². The Balaban J connectivity index is 1.56. The van der Waals surface area contributed by atoms with Crippen molar-refractivity contribution in [2.75, 3.05) is 0 Å². The lowest BCUT2D eigenvalue weighted by Crippen LogP contribution is -3.15. The molecule has 25 heavy (non-hydrogen) atoms. The van der Waals surface area contributed by atoms with Crippen LogP contribution in [0.1, 0.15) is 0 Å². The summed E-state index contributed by atoms with van der Waals surface area (Å²) >= 11 is 0. The minimum absolute atomic E-state index is 0.00146. The average molecular weight is 353 g/mol. The van der Waals surface area contributed by atoms with Crippen LogP contribution in [0.3, 0.4) is 0 Å². The quantitative estimate of drug-likeness (QED) is 0.272. The molecule has 0 saturated heterocycles. The van der Waals surface area contributed by atoms with Crippen molar-refractivity contribution in [2.24, 2.45) is 0 Å². The number of hydrogen-bond donors (Lipinski definition) is 5. The molecule has 2 aliphatic heterocycles. The Bertz CT molecular complexity index is 822. The summed E-state index contributed by atoms with van der Waals surface area (Å²) < 4.78 is 0. The van der Waals surface area contributed by atoms with E-state index >= 15 is 0 Å². The van der Waals surface area contributed by atoms with Crippen molar-refractivity contribution in [2.45, 2.75) is 0 Å². The van der Waals surface area contributed by atoms with Gasteiger partial charge < -0.3 is 30.9 Å². The Kier molecular flexibility index (Phi) is 3.85. The van der Waals surface area contributed by atoms with E-state index in [1.54, 1.807) is 0 Å². The van der Waals surface area contributed by atoms with Crippen molar-refractivity contribution in [1.82, 2.24) is 0 Å². The fourth-order valence-electron chi connectivity index (χ4n) is 2.51. The van der Waals surface area contributed by atoms with E-state index in [1.165, 1.54) is 36.4 Å². The summed E-state index contributed by atoms with van der Waals surface area (Å²) in [6.45, 7) is 0. The van der Waals surface area contributed by atoms with Crippen LogP contribution < -0.4 is 31.0 Å². The highest BCUT2D eigenvalue weighted by Gasteiger charge is 2.32. The average Bonchev–Trinajstić information content (AvgIpc) is 3.03. The van der Waals surface area contributed by atoms with Crippen LogP contribution in [0.25, 0.3) is 0 Å². The molecular weight excluding hydrogens is 342 g/mol. The van der Waals surface area contributed by atoms with Gasteiger partial charge in [0, 0.05) is 28.1 Å². The smallest absolute Gasteiger partial charge is 0.239 e. The zero-order valence-corrected chi connectivity index (χ0v) is 12.2. The van der Waals surface area contributed by atoms with Crippen molar-refractivity contribution in [3.8, 4) is 5.75 Å². The van der Waals surface area contributed by atoms with Gasteiger partial charge in [-0.1, -0.05) is 0 Å². The van der Waals surface area contributed by atoms with Gasteiger partial charge in [-0.3, -0.25) is 0 Å². The number of quaternary nitrogens is 5. The highest BCUT2D eigenvalue weighted by molar-refractivity contribution is 5.58. The minimum Gasteiger partial charge on any atom is -0.590 e. The zero-order valence-electron chi connectivity index (χ0n) is 12.2. The maximum Gasteiger partial charge on any atom is 0.239 e. The third-order valence-corrected chi connectivity index (χ3v) is 3.71. The van der Waals surface area contributed by atoms with Crippen LogP contribution in [-0.2, 0) is 9.88 Å². The molecule has 0 radical (unpaired) electrons. The Morgan fingerprint density at radius 1 is 0.720 bits per heavy atom. The SMILES string of the molecule is [O-][NH+](Oc1ccc2c(c1)[NH+]([O-])O[NH+]2[O-])c1ccc2c(c1)[NH+]([O-])O[NH+]2[O-]. The summed E-state index contributed by atoms with van der Waals surface area (Å²) in [7, 11) is 0. The second-order valence-corrected chi connectivity index (χ2v) is 5.21. The largest absolute Gasteiger partial charge is 0.590 e. The van der Waals surface area contributed by atoms with Gasteiger partial charge in [-0.25, -0.2) is 0 Å². The lowest BCUT2D eigenvalue weighted by molar-refractivity contribution is -1.24. The molecule has 2 aliphatic rings. The second kappa shape index (κ2) is 5.93. The monoisotopic (exact) mass is 353 g/mol. The van der Waals surface area contributed by atoms with Crippen LogP contribution in [-0.4, -0.2) is 0 Å². The fraction of sp³-hybridized carbons (Fsp3) is 0. The molecule has 5 atom stereocenters. The van der Waals surface area contributed by atoms with Gasteiger partial charge >= 0.3 is 0 Å². The first kappa shape index (κ1) is 16.2. The maximum atomic E-state index is 12.2. The fourth-order valence-corrected chi connectivity index (χ4v) is 2.51. The molecule has 5 N–H and O–H groups in total. The lowest BCUT2D eigenvalue weighted by atomic mass is 10.2. The lowest BCUT2D eigenvalue weighted by Gasteiger charge is -2.20. The predicted molar refractivity (Wildman–Crippen MR) is 75.6 cm³/mol. The van der Waals surface area contributed by atoms with Crippen molar-refractivity contribution in [3.05, 3.63) is 62.4 Å². The van der Waals surface area contributed by atoms with E-state index < -0.39 is 26.1 Å². The molecule has 132 valence electrons. The summed E-state index contributed by atoms with van der Waals surface area (Å²) in [6, 6.07) is 7.65. The molecule has 2 aromatic carbocycles. The van der Waals surface area contributed by atoms with Crippen LogP contribution in [0.2, 0.25) is 0 Å². The first-order valence-electron chi connectivity index (χ1n) is 6.97. The molecule has 0 spiro atoms. The van der Waals surface area contributed by atoms with E-state index in [4.69, 9.17) is 4.84 Å². The number of nitrogens with one attached hydrogen (secondary N) is 5. The number of benzene rings is 2. The normalized spacial score (nSPS) is 28.5. The van der Waals surface area contributed by atoms with Gasteiger partial charge in [-0.05, 0) is 6.07 Å². The highest BCUT2D eigenvalue weighted by atomic mass is 17.1. The van der Waals surface area contributed by atoms with Crippen LogP contribution >= 0.6 is 0 Å². The molecule has 13 nitrogen and oxygen atoms in total. The Labute approximate surface area is 138 Å². The topological polar surface area (TPSA) is 165 Å². The molecule has 4 rings (SSSR count). The van der Waals surface area contributed by atoms with Gasteiger partial charge in [0.2, 0.25) is 22.7 Å².